The van der Waals surface area contributed by atoms with Gasteiger partial charge >= 0.3 is 0 Å². The lowest BCUT2D eigenvalue weighted by Gasteiger charge is -2.32. The van der Waals surface area contributed by atoms with Crippen molar-refractivity contribution in [1.29, 1.82) is 0 Å². The van der Waals surface area contributed by atoms with Crippen molar-refractivity contribution in [3.8, 4) is 0 Å². The topological polar surface area (TPSA) is 12.0 Å². The Morgan fingerprint density at radius 3 is 2.76 bits per heavy atom. The van der Waals surface area contributed by atoms with E-state index in [-0.39, 0.29) is 0 Å². The van der Waals surface area contributed by atoms with Gasteiger partial charge in [-0.3, -0.25) is 0 Å². The van der Waals surface area contributed by atoms with Crippen LogP contribution in [0.5, 0.6) is 0 Å². The highest BCUT2D eigenvalue weighted by molar-refractivity contribution is 9.10. The van der Waals surface area contributed by atoms with Gasteiger partial charge in [0, 0.05) is 16.6 Å². The molecule has 2 rings (SSSR count). The van der Waals surface area contributed by atoms with E-state index >= 15 is 0 Å². The molecule has 1 saturated carbocycles. The molecule has 1 aliphatic rings. The van der Waals surface area contributed by atoms with Gasteiger partial charge in [0.25, 0.3) is 0 Å². The first kappa shape index (κ1) is 13.1. The molecule has 17 heavy (non-hydrogen) atoms. The van der Waals surface area contributed by atoms with Crippen molar-refractivity contribution in [2.75, 3.05) is 0 Å². The van der Waals surface area contributed by atoms with Crippen LogP contribution < -0.4 is 5.32 Å². The van der Waals surface area contributed by atoms with Crippen LogP contribution in [0.3, 0.4) is 0 Å². The van der Waals surface area contributed by atoms with E-state index in [1.807, 2.05) is 0 Å². The predicted molar refractivity (Wildman–Crippen MR) is 77.1 cm³/mol. The van der Waals surface area contributed by atoms with E-state index in [0.29, 0.717) is 12.1 Å². The minimum Gasteiger partial charge on any atom is -0.307 e. The molecule has 94 valence electrons. The zero-order chi connectivity index (χ0) is 12.3. The second kappa shape index (κ2) is 6.01. The summed E-state index contributed by atoms with van der Waals surface area (Å²) in [4.78, 5) is 0. The minimum absolute atomic E-state index is 0.443. The molecule has 0 spiro atoms. The van der Waals surface area contributed by atoms with Gasteiger partial charge in [-0.1, -0.05) is 47.8 Å². The molecule has 1 aliphatic carbocycles. The van der Waals surface area contributed by atoms with Gasteiger partial charge in [0.05, 0.1) is 0 Å². The lowest BCUT2D eigenvalue weighted by atomic mass is 9.85. The van der Waals surface area contributed by atoms with Gasteiger partial charge in [0.15, 0.2) is 0 Å². The molecule has 0 heterocycles. The molecule has 2 heteroatoms. The van der Waals surface area contributed by atoms with Crippen molar-refractivity contribution < 1.29 is 0 Å². The Balaban J connectivity index is 1.98. The first-order chi connectivity index (χ1) is 8.16. The standard InChI is InChI=1S/C15H22BrN/c1-11-6-3-4-9-15(11)17-12(2)13-7-5-8-14(16)10-13/h5,7-8,10-12,15,17H,3-4,6,9H2,1-2H3/t11?,12-,15?/m0/s1. The van der Waals surface area contributed by atoms with Crippen molar-refractivity contribution >= 4 is 15.9 Å². The van der Waals surface area contributed by atoms with Crippen LogP contribution in [0.2, 0.25) is 0 Å². The third kappa shape index (κ3) is 3.56. The van der Waals surface area contributed by atoms with Crippen LogP contribution in [0.1, 0.15) is 51.1 Å². The fraction of sp³-hybridized carbons (Fsp3) is 0.600. The lowest BCUT2D eigenvalue weighted by Crippen LogP contribution is -2.38. The Morgan fingerprint density at radius 2 is 2.06 bits per heavy atom. The number of rotatable bonds is 3. The third-order valence-electron chi connectivity index (χ3n) is 3.92. The molecule has 0 amide bonds. The van der Waals surface area contributed by atoms with Gasteiger partial charge in [0.2, 0.25) is 0 Å². The Labute approximate surface area is 113 Å². The monoisotopic (exact) mass is 295 g/mol. The van der Waals surface area contributed by atoms with Crippen LogP contribution in [0.25, 0.3) is 0 Å². The summed E-state index contributed by atoms with van der Waals surface area (Å²) in [5.41, 5.74) is 1.37. The van der Waals surface area contributed by atoms with E-state index < -0.39 is 0 Å². The third-order valence-corrected chi connectivity index (χ3v) is 4.42. The Kier molecular flexibility index (Phi) is 4.63. The SMILES string of the molecule is CC1CCCCC1N[C@@H](C)c1cccc(Br)c1. The van der Waals surface area contributed by atoms with Crippen molar-refractivity contribution in [3.05, 3.63) is 34.3 Å². The summed E-state index contributed by atoms with van der Waals surface area (Å²) in [6.07, 6.45) is 5.50. The van der Waals surface area contributed by atoms with Gasteiger partial charge in [-0.2, -0.15) is 0 Å². The fourth-order valence-corrected chi connectivity index (χ4v) is 3.17. The van der Waals surface area contributed by atoms with E-state index in [4.69, 9.17) is 0 Å². The molecule has 1 aromatic rings. The second-order valence-electron chi connectivity index (χ2n) is 5.31. The van der Waals surface area contributed by atoms with Crippen LogP contribution in [-0.2, 0) is 0 Å². The molecule has 3 atom stereocenters. The molecular weight excluding hydrogens is 274 g/mol. The summed E-state index contributed by atoms with van der Waals surface area (Å²) in [6, 6.07) is 9.75. The molecule has 1 aromatic carbocycles. The quantitative estimate of drug-likeness (QED) is 0.854. The van der Waals surface area contributed by atoms with Crippen LogP contribution in [0.15, 0.2) is 28.7 Å². The maximum Gasteiger partial charge on any atom is 0.0294 e. The van der Waals surface area contributed by atoms with Gasteiger partial charge in [0.1, 0.15) is 0 Å². The van der Waals surface area contributed by atoms with Crippen LogP contribution in [0.4, 0.5) is 0 Å². The molecule has 0 aliphatic heterocycles. The van der Waals surface area contributed by atoms with Gasteiger partial charge in [-0.05, 0) is 43.4 Å². The molecule has 1 N–H and O–H groups in total. The van der Waals surface area contributed by atoms with E-state index in [9.17, 15) is 0 Å². The summed E-state index contributed by atoms with van der Waals surface area (Å²) in [6.45, 7) is 4.65. The zero-order valence-corrected chi connectivity index (χ0v) is 12.3. The van der Waals surface area contributed by atoms with Crippen molar-refractivity contribution in [1.82, 2.24) is 5.32 Å². The van der Waals surface area contributed by atoms with Crippen LogP contribution in [0, 0.1) is 5.92 Å². The Bertz CT molecular complexity index is 364. The number of hydrogen-bond donors (Lipinski definition) is 1. The zero-order valence-electron chi connectivity index (χ0n) is 10.7. The van der Waals surface area contributed by atoms with E-state index in [0.717, 1.165) is 5.92 Å². The summed E-state index contributed by atoms with van der Waals surface area (Å²) in [7, 11) is 0. The summed E-state index contributed by atoms with van der Waals surface area (Å²) in [5, 5.41) is 3.79. The molecule has 0 aromatic heterocycles. The Hall–Kier alpha value is -0.340. The van der Waals surface area contributed by atoms with Crippen molar-refractivity contribution in [3.63, 3.8) is 0 Å². The average molecular weight is 296 g/mol. The highest BCUT2D eigenvalue weighted by atomic mass is 79.9. The summed E-state index contributed by atoms with van der Waals surface area (Å²) < 4.78 is 1.17. The van der Waals surface area contributed by atoms with E-state index in [1.54, 1.807) is 0 Å². The van der Waals surface area contributed by atoms with Crippen molar-refractivity contribution in [2.24, 2.45) is 5.92 Å². The molecule has 0 radical (unpaired) electrons. The smallest absolute Gasteiger partial charge is 0.0294 e. The lowest BCUT2D eigenvalue weighted by molar-refractivity contribution is 0.263. The molecule has 0 bridgehead atoms. The maximum absolute atomic E-state index is 3.79. The van der Waals surface area contributed by atoms with Gasteiger partial charge in [-0.15, -0.1) is 0 Å². The maximum atomic E-state index is 3.79. The molecule has 1 fully saturated rings. The van der Waals surface area contributed by atoms with E-state index in [1.165, 1.54) is 35.7 Å². The summed E-state index contributed by atoms with van der Waals surface area (Å²) >= 11 is 3.54. The number of hydrogen-bond acceptors (Lipinski definition) is 1. The highest BCUT2D eigenvalue weighted by Crippen LogP contribution is 2.26. The minimum atomic E-state index is 0.443. The number of nitrogens with one attached hydrogen (secondary N) is 1. The number of benzene rings is 1. The largest absolute Gasteiger partial charge is 0.307 e. The predicted octanol–water partition coefficient (Wildman–Crippen LogP) is 4.68. The molecule has 0 saturated heterocycles. The highest BCUT2D eigenvalue weighted by Gasteiger charge is 2.22. The van der Waals surface area contributed by atoms with E-state index in [2.05, 4.69) is 59.4 Å². The molecule has 1 nitrogen and oxygen atoms in total. The first-order valence-electron chi connectivity index (χ1n) is 6.68. The van der Waals surface area contributed by atoms with Crippen LogP contribution in [-0.4, -0.2) is 6.04 Å². The van der Waals surface area contributed by atoms with Crippen LogP contribution >= 0.6 is 15.9 Å². The molecule has 2 unspecified atom stereocenters. The van der Waals surface area contributed by atoms with Crippen molar-refractivity contribution in [2.45, 2.75) is 51.6 Å². The summed E-state index contributed by atoms with van der Waals surface area (Å²) in [5.74, 6) is 0.818. The van der Waals surface area contributed by atoms with Gasteiger partial charge < -0.3 is 5.32 Å². The average Bonchev–Trinajstić information content (AvgIpc) is 2.32. The second-order valence-corrected chi connectivity index (χ2v) is 6.23. The number of halogens is 1. The Morgan fingerprint density at radius 1 is 1.29 bits per heavy atom. The first-order valence-corrected chi connectivity index (χ1v) is 7.47. The van der Waals surface area contributed by atoms with Gasteiger partial charge in [-0.25, -0.2) is 0 Å². The fourth-order valence-electron chi connectivity index (χ4n) is 2.76. The normalized spacial score (nSPS) is 26.8. The molecular formula is C15H22BrN.